The topological polar surface area (TPSA) is 71.0 Å². The zero-order chi connectivity index (χ0) is 20.6. The Morgan fingerprint density at radius 3 is 2.72 bits per heavy atom. The minimum absolute atomic E-state index is 0.0263. The largest absolute Gasteiger partial charge is 0.494 e. The van der Waals surface area contributed by atoms with E-state index in [1.165, 1.54) is 6.92 Å². The summed E-state index contributed by atoms with van der Waals surface area (Å²) in [5.41, 5.74) is 1.14. The normalized spacial score (nSPS) is 19.1. The maximum absolute atomic E-state index is 10.8. The van der Waals surface area contributed by atoms with Gasteiger partial charge >= 0.3 is 0 Å². The second-order valence-electron chi connectivity index (χ2n) is 7.20. The first-order valence-electron chi connectivity index (χ1n) is 9.78. The zero-order valence-electron chi connectivity index (χ0n) is 16.5. The van der Waals surface area contributed by atoms with Gasteiger partial charge in [-0.15, -0.1) is 0 Å². The summed E-state index contributed by atoms with van der Waals surface area (Å²) in [6.07, 6.45) is -0.0547. The Morgan fingerprint density at radius 1 is 1.21 bits per heavy atom. The molecule has 0 spiro atoms. The summed E-state index contributed by atoms with van der Waals surface area (Å²) in [4.78, 5) is 13.0. The van der Waals surface area contributed by atoms with Crippen molar-refractivity contribution in [3.8, 4) is 11.5 Å². The van der Waals surface area contributed by atoms with Crippen LogP contribution in [0.5, 0.6) is 11.5 Å². The van der Waals surface area contributed by atoms with Crippen LogP contribution in [0.3, 0.4) is 0 Å². The molecule has 0 radical (unpaired) electrons. The molecule has 0 aromatic heterocycles. The molecule has 1 saturated heterocycles. The molecule has 0 bridgehead atoms. The number of ether oxygens (including phenoxy) is 2. The first kappa shape index (κ1) is 21.4. The third-order valence-corrected chi connectivity index (χ3v) is 4.92. The Balaban J connectivity index is 1.43. The Morgan fingerprint density at radius 2 is 2.00 bits per heavy atom. The number of nitrogens with zero attached hydrogens (tertiary/aromatic N) is 1. The van der Waals surface area contributed by atoms with Crippen LogP contribution in [0, 0.1) is 0 Å². The average molecular weight is 419 g/mol. The van der Waals surface area contributed by atoms with Crippen molar-refractivity contribution in [2.75, 3.05) is 26.2 Å². The van der Waals surface area contributed by atoms with Crippen LogP contribution in [0.1, 0.15) is 18.9 Å². The number of β-amino-alcohol motifs (C(OH)–C–C–N with tert-alkyl or cyclic N) is 1. The molecule has 29 heavy (non-hydrogen) atoms. The second kappa shape index (κ2) is 10.5. The Kier molecular flexibility index (Phi) is 7.75. The quantitative estimate of drug-likeness (QED) is 0.613. The predicted octanol–water partition coefficient (Wildman–Crippen LogP) is 2.87. The standard InChI is InChI=1S/C22H27ClN2O4/c1-16(26)24-10-3-11-28-19-8-6-17(7-9-19)13-25-14-21(27)22(15-25)29-20-5-2-4-18(23)12-20/h2,4-9,12,21-22,27H,3,10-11,13-15H2,1H3,(H,24,26)/t21-,22-/m0/s1. The minimum Gasteiger partial charge on any atom is -0.494 e. The van der Waals surface area contributed by atoms with Crippen LogP contribution >= 0.6 is 11.6 Å². The number of benzene rings is 2. The van der Waals surface area contributed by atoms with Gasteiger partial charge in [-0.05, 0) is 42.3 Å². The third kappa shape index (κ3) is 6.92. The summed E-state index contributed by atoms with van der Waals surface area (Å²) in [5.74, 6) is 1.45. The Hall–Kier alpha value is -2.28. The summed E-state index contributed by atoms with van der Waals surface area (Å²) >= 11 is 6.00. The molecule has 1 aliphatic heterocycles. The van der Waals surface area contributed by atoms with Crippen LogP contribution in [0.15, 0.2) is 48.5 Å². The van der Waals surface area contributed by atoms with Gasteiger partial charge in [0.05, 0.1) is 6.61 Å². The van der Waals surface area contributed by atoms with Crippen LogP contribution < -0.4 is 14.8 Å². The van der Waals surface area contributed by atoms with E-state index in [1.807, 2.05) is 36.4 Å². The number of aliphatic hydroxyl groups excluding tert-OH is 1. The van der Waals surface area contributed by atoms with Crippen molar-refractivity contribution in [2.24, 2.45) is 0 Å². The van der Waals surface area contributed by atoms with Crippen molar-refractivity contribution >= 4 is 17.5 Å². The molecular formula is C22H27ClN2O4. The Labute approximate surface area is 176 Å². The molecule has 2 atom stereocenters. The molecular weight excluding hydrogens is 392 g/mol. The molecule has 1 aliphatic rings. The van der Waals surface area contributed by atoms with Crippen LogP contribution in [0.4, 0.5) is 0 Å². The van der Waals surface area contributed by atoms with Gasteiger partial charge < -0.3 is 19.9 Å². The van der Waals surface area contributed by atoms with Crippen molar-refractivity contribution < 1.29 is 19.4 Å². The number of hydrogen-bond donors (Lipinski definition) is 2. The van der Waals surface area contributed by atoms with E-state index in [2.05, 4.69) is 10.2 Å². The third-order valence-electron chi connectivity index (χ3n) is 4.69. The molecule has 1 heterocycles. The van der Waals surface area contributed by atoms with Gasteiger partial charge in [-0.3, -0.25) is 9.69 Å². The summed E-state index contributed by atoms with van der Waals surface area (Å²) in [6.45, 7) is 4.62. The average Bonchev–Trinajstić information content (AvgIpc) is 3.01. The number of carbonyl (C=O) groups excluding carboxylic acids is 1. The highest BCUT2D eigenvalue weighted by atomic mass is 35.5. The molecule has 0 aliphatic carbocycles. The lowest BCUT2D eigenvalue weighted by molar-refractivity contribution is -0.118. The lowest BCUT2D eigenvalue weighted by atomic mass is 10.2. The molecule has 2 N–H and O–H groups in total. The number of carbonyl (C=O) groups is 1. The van der Waals surface area contributed by atoms with Crippen molar-refractivity contribution in [3.05, 3.63) is 59.1 Å². The van der Waals surface area contributed by atoms with Crippen molar-refractivity contribution in [3.63, 3.8) is 0 Å². The highest BCUT2D eigenvalue weighted by Gasteiger charge is 2.32. The molecule has 2 aromatic carbocycles. The minimum atomic E-state index is -0.541. The number of aliphatic hydroxyl groups is 1. The highest BCUT2D eigenvalue weighted by Crippen LogP contribution is 2.23. The van der Waals surface area contributed by atoms with Gasteiger partial charge in [-0.1, -0.05) is 29.8 Å². The Bertz CT molecular complexity index is 800. The van der Waals surface area contributed by atoms with Gasteiger partial charge in [0.25, 0.3) is 0 Å². The van der Waals surface area contributed by atoms with Crippen molar-refractivity contribution in [1.82, 2.24) is 10.2 Å². The first-order chi connectivity index (χ1) is 14.0. The van der Waals surface area contributed by atoms with Crippen LogP contribution in [0.2, 0.25) is 5.02 Å². The van der Waals surface area contributed by atoms with Gasteiger partial charge in [0.15, 0.2) is 0 Å². The maximum Gasteiger partial charge on any atom is 0.216 e. The lowest BCUT2D eigenvalue weighted by Gasteiger charge is -2.17. The number of likely N-dealkylation sites (tertiary alicyclic amines) is 1. The molecule has 0 unspecified atom stereocenters. The van der Waals surface area contributed by atoms with E-state index in [0.717, 1.165) is 24.3 Å². The van der Waals surface area contributed by atoms with E-state index in [9.17, 15) is 9.90 Å². The summed E-state index contributed by atoms with van der Waals surface area (Å²) in [7, 11) is 0. The fraction of sp³-hybridized carbons (Fsp3) is 0.409. The first-order valence-corrected chi connectivity index (χ1v) is 10.2. The lowest BCUT2D eigenvalue weighted by Crippen LogP contribution is -2.29. The van der Waals surface area contributed by atoms with E-state index in [1.54, 1.807) is 12.1 Å². The second-order valence-corrected chi connectivity index (χ2v) is 7.64. The van der Waals surface area contributed by atoms with Crippen LogP contribution in [0.25, 0.3) is 0 Å². The fourth-order valence-corrected chi connectivity index (χ4v) is 3.45. The van der Waals surface area contributed by atoms with Gasteiger partial charge in [0.2, 0.25) is 5.91 Å². The maximum atomic E-state index is 10.8. The molecule has 1 amide bonds. The number of hydrogen-bond acceptors (Lipinski definition) is 5. The van der Waals surface area contributed by atoms with Gasteiger partial charge in [0.1, 0.15) is 23.7 Å². The monoisotopic (exact) mass is 418 g/mol. The zero-order valence-corrected chi connectivity index (χ0v) is 17.3. The smallest absolute Gasteiger partial charge is 0.216 e. The molecule has 0 saturated carbocycles. The van der Waals surface area contributed by atoms with Gasteiger partial charge in [0, 0.05) is 38.1 Å². The van der Waals surface area contributed by atoms with E-state index >= 15 is 0 Å². The van der Waals surface area contributed by atoms with Crippen molar-refractivity contribution in [1.29, 1.82) is 0 Å². The highest BCUT2D eigenvalue weighted by molar-refractivity contribution is 6.30. The number of nitrogens with one attached hydrogen (secondary N) is 1. The van der Waals surface area contributed by atoms with Crippen LogP contribution in [-0.4, -0.2) is 54.4 Å². The van der Waals surface area contributed by atoms with E-state index in [0.29, 0.717) is 37.0 Å². The molecule has 6 nitrogen and oxygen atoms in total. The summed E-state index contributed by atoms with van der Waals surface area (Å²) in [5, 5.41) is 13.7. The van der Waals surface area contributed by atoms with E-state index in [4.69, 9.17) is 21.1 Å². The molecule has 156 valence electrons. The predicted molar refractivity (Wildman–Crippen MR) is 112 cm³/mol. The van der Waals surface area contributed by atoms with Crippen LogP contribution in [-0.2, 0) is 11.3 Å². The van der Waals surface area contributed by atoms with Gasteiger partial charge in [-0.2, -0.15) is 0 Å². The fourth-order valence-electron chi connectivity index (χ4n) is 3.27. The molecule has 1 fully saturated rings. The SMILES string of the molecule is CC(=O)NCCCOc1ccc(CN2C[C@H](Oc3cccc(Cl)c3)[C@@H](O)C2)cc1. The van der Waals surface area contributed by atoms with E-state index in [-0.39, 0.29) is 12.0 Å². The number of halogens is 1. The summed E-state index contributed by atoms with van der Waals surface area (Å²) < 4.78 is 11.6. The number of amides is 1. The van der Waals surface area contributed by atoms with Crippen molar-refractivity contribution in [2.45, 2.75) is 32.1 Å². The molecule has 2 aromatic rings. The number of rotatable bonds is 9. The molecule has 3 rings (SSSR count). The van der Waals surface area contributed by atoms with Gasteiger partial charge in [-0.25, -0.2) is 0 Å². The van der Waals surface area contributed by atoms with E-state index < -0.39 is 6.10 Å². The summed E-state index contributed by atoms with van der Waals surface area (Å²) in [6, 6.07) is 15.2. The molecule has 7 heteroatoms.